The minimum absolute atomic E-state index is 0.0239. The third-order valence-corrected chi connectivity index (χ3v) is 4.42. The maximum absolute atomic E-state index is 12.1. The van der Waals surface area contributed by atoms with E-state index in [0.717, 1.165) is 19.3 Å². The van der Waals surface area contributed by atoms with Crippen molar-refractivity contribution in [2.45, 2.75) is 58.2 Å². The molecule has 0 saturated carbocycles. The van der Waals surface area contributed by atoms with Crippen LogP contribution in [0.15, 0.2) is 0 Å². The van der Waals surface area contributed by atoms with Gasteiger partial charge < -0.3 is 20.1 Å². The number of fused-ring (bicyclic) bond motifs is 2. The maximum atomic E-state index is 12.1. The van der Waals surface area contributed by atoms with E-state index in [1.165, 1.54) is 0 Å². The highest BCUT2D eigenvalue weighted by molar-refractivity contribution is 5.74. The van der Waals surface area contributed by atoms with Crippen LogP contribution < -0.4 is 5.32 Å². The number of likely N-dealkylation sites (tertiary alicyclic amines) is 1. The Hall–Kier alpha value is -1.30. The van der Waals surface area contributed by atoms with Gasteiger partial charge in [0.25, 0.3) is 0 Å². The molecule has 6 heteroatoms. The quantitative estimate of drug-likeness (QED) is 0.784. The fourth-order valence-corrected chi connectivity index (χ4v) is 2.97. The fraction of sp³-hybridized carbons (Fsp3) is 0.867. The molecule has 2 fully saturated rings. The van der Waals surface area contributed by atoms with Gasteiger partial charge >= 0.3 is 12.0 Å². The Kier molecular flexibility index (Phi) is 5.08. The molecule has 2 aliphatic rings. The van der Waals surface area contributed by atoms with Crippen LogP contribution in [0, 0.1) is 5.41 Å². The highest BCUT2D eigenvalue weighted by Gasteiger charge is 2.35. The van der Waals surface area contributed by atoms with Crippen molar-refractivity contribution >= 4 is 12.0 Å². The molecule has 0 aromatic carbocycles. The van der Waals surface area contributed by atoms with Crippen LogP contribution in [0.1, 0.15) is 46.0 Å². The summed E-state index contributed by atoms with van der Waals surface area (Å²) in [5, 5.41) is 11.7. The van der Waals surface area contributed by atoms with E-state index >= 15 is 0 Å². The molecule has 2 aliphatic heterocycles. The van der Waals surface area contributed by atoms with E-state index < -0.39 is 5.97 Å². The number of carbonyl (C=O) groups is 2. The van der Waals surface area contributed by atoms with Crippen molar-refractivity contribution in [3.05, 3.63) is 0 Å². The second kappa shape index (κ2) is 6.64. The first-order chi connectivity index (χ1) is 9.85. The molecule has 0 aromatic rings. The molecule has 0 aromatic heterocycles. The summed E-state index contributed by atoms with van der Waals surface area (Å²) in [5.41, 5.74) is -0.0737. The first kappa shape index (κ1) is 16.1. The van der Waals surface area contributed by atoms with Crippen molar-refractivity contribution in [3.63, 3.8) is 0 Å². The number of carboxylic acids is 1. The molecular formula is C15H26N2O4. The highest BCUT2D eigenvalue weighted by Crippen LogP contribution is 2.27. The van der Waals surface area contributed by atoms with Crippen molar-refractivity contribution in [2.24, 2.45) is 5.41 Å². The number of hydrogen-bond acceptors (Lipinski definition) is 3. The molecule has 2 bridgehead atoms. The summed E-state index contributed by atoms with van der Waals surface area (Å²) >= 11 is 0. The first-order valence-corrected chi connectivity index (χ1v) is 7.76. The molecule has 0 spiro atoms. The molecule has 2 unspecified atom stereocenters. The minimum Gasteiger partial charge on any atom is -0.481 e. The van der Waals surface area contributed by atoms with Crippen LogP contribution in [-0.2, 0) is 9.53 Å². The third kappa shape index (κ3) is 4.88. The van der Waals surface area contributed by atoms with Gasteiger partial charge in [-0.2, -0.15) is 0 Å². The van der Waals surface area contributed by atoms with Gasteiger partial charge in [0.05, 0.1) is 12.2 Å². The van der Waals surface area contributed by atoms with Gasteiger partial charge in [0.15, 0.2) is 0 Å². The van der Waals surface area contributed by atoms with E-state index in [0.29, 0.717) is 26.1 Å². The zero-order chi connectivity index (χ0) is 15.5. The van der Waals surface area contributed by atoms with Crippen molar-refractivity contribution in [1.29, 1.82) is 0 Å². The highest BCUT2D eigenvalue weighted by atomic mass is 16.5. The van der Waals surface area contributed by atoms with E-state index in [9.17, 15) is 9.59 Å². The van der Waals surface area contributed by atoms with Crippen LogP contribution in [0.4, 0.5) is 4.79 Å². The average Bonchev–Trinajstić information content (AvgIpc) is 2.75. The topological polar surface area (TPSA) is 78.9 Å². The third-order valence-electron chi connectivity index (χ3n) is 4.42. The predicted octanol–water partition coefficient (Wildman–Crippen LogP) is 1.84. The van der Waals surface area contributed by atoms with Gasteiger partial charge in [-0.15, -0.1) is 0 Å². The predicted molar refractivity (Wildman–Crippen MR) is 78.1 cm³/mol. The summed E-state index contributed by atoms with van der Waals surface area (Å²) < 4.78 is 5.71. The Bertz CT molecular complexity index is 385. The summed E-state index contributed by atoms with van der Waals surface area (Å²) in [6, 6.07) is -0.0239. The number of rotatable bonds is 6. The lowest BCUT2D eigenvalue weighted by molar-refractivity contribution is -0.137. The summed E-state index contributed by atoms with van der Waals surface area (Å²) in [4.78, 5) is 24.6. The lowest BCUT2D eigenvalue weighted by Gasteiger charge is -2.32. The Morgan fingerprint density at radius 3 is 2.43 bits per heavy atom. The lowest BCUT2D eigenvalue weighted by Crippen LogP contribution is -2.50. The summed E-state index contributed by atoms with van der Waals surface area (Å²) in [6.07, 6.45) is 4.10. The number of aliphatic carboxylic acids is 1. The van der Waals surface area contributed by atoms with Gasteiger partial charge in [-0.1, -0.05) is 13.8 Å². The molecule has 2 heterocycles. The summed E-state index contributed by atoms with van der Waals surface area (Å²) in [6.45, 7) is 6.03. The normalized spacial score (nSPS) is 25.0. The molecule has 2 N–H and O–H groups in total. The Morgan fingerprint density at radius 1 is 1.24 bits per heavy atom. The summed E-state index contributed by atoms with van der Waals surface area (Å²) in [5.74, 6) is -0.768. The largest absolute Gasteiger partial charge is 0.481 e. The number of nitrogens with zero attached hydrogens (tertiary/aromatic N) is 1. The van der Waals surface area contributed by atoms with Gasteiger partial charge in [-0.3, -0.25) is 4.79 Å². The van der Waals surface area contributed by atoms with Crippen LogP contribution in [0.5, 0.6) is 0 Å². The Balaban J connectivity index is 1.68. The van der Waals surface area contributed by atoms with E-state index in [1.54, 1.807) is 0 Å². The molecule has 21 heavy (non-hydrogen) atoms. The van der Waals surface area contributed by atoms with Crippen LogP contribution in [-0.4, -0.2) is 53.8 Å². The van der Waals surface area contributed by atoms with Crippen LogP contribution in [0.3, 0.4) is 0 Å². The molecule has 2 amide bonds. The molecule has 6 nitrogen and oxygen atoms in total. The van der Waals surface area contributed by atoms with E-state index in [-0.39, 0.29) is 30.1 Å². The monoisotopic (exact) mass is 298 g/mol. The molecule has 2 saturated heterocycles. The smallest absolute Gasteiger partial charge is 0.317 e. The number of amides is 2. The van der Waals surface area contributed by atoms with Crippen molar-refractivity contribution in [1.82, 2.24) is 10.2 Å². The Labute approximate surface area is 125 Å². The van der Waals surface area contributed by atoms with Gasteiger partial charge in [0, 0.05) is 26.1 Å². The van der Waals surface area contributed by atoms with E-state index in [2.05, 4.69) is 5.32 Å². The molecule has 0 aliphatic carbocycles. The lowest BCUT2D eigenvalue weighted by atomic mass is 9.84. The zero-order valence-corrected chi connectivity index (χ0v) is 12.9. The number of carbonyl (C=O) groups excluding carboxylic acids is 1. The van der Waals surface area contributed by atoms with Gasteiger partial charge in [0.2, 0.25) is 0 Å². The molecule has 120 valence electrons. The maximum Gasteiger partial charge on any atom is 0.317 e. The standard InChI is InChI=1S/C15H26N2O4/c1-15(2,6-5-13(18)19)7-8-16-14(20)17-9-11-3-4-12(10-17)21-11/h11-12H,3-10H2,1-2H3,(H,16,20)(H,18,19). The second-order valence-electron chi connectivity index (χ2n) is 6.90. The van der Waals surface area contributed by atoms with Gasteiger partial charge in [0.1, 0.15) is 0 Å². The number of nitrogens with one attached hydrogen (secondary N) is 1. The molecule has 2 atom stereocenters. The second-order valence-corrected chi connectivity index (χ2v) is 6.90. The fourth-order valence-electron chi connectivity index (χ4n) is 2.97. The molecule has 0 radical (unpaired) electrons. The zero-order valence-electron chi connectivity index (χ0n) is 12.9. The number of ether oxygens (including phenoxy) is 1. The van der Waals surface area contributed by atoms with Crippen molar-refractivity contribution < 1.29 is 19.4 Å². The van der Waals surface area contributed by atoms with Crippen molar-refractivity contribution in [2.75, 3.05) is 19.6 Å². The Morgan fingerprint density at radius 2 is 1.86 bits per heavy atom. The van der Waals surface area contributed by atoms with Crippen LogP contribution >= 0.6 is 0 Å². The van der Waals surface area contributed by atoms with Gasteiger partial charge in [-0.25, -0.2) is 4.79 Å². The number of hydrogen-bond donors (Lipinski definition) is 2. The van der Waals surface area contributed by atoms with Crippen LogP contribution in [0.25, 0.3) is 0 Å². The average molecular weight is 298 g/mol. The minimum atomic E-state index is -0.768. The van der Waals surface area contributed by atoms with E-state index in [4.69, 9.17) is 9.84 Å². The first-order valence-electron chi connectivity index (χ1n) is 7.76. The van der Waals surface area contributed by atoms with E-state index in [1.807, 2.05) is 18.7 Å². The summed E-state index contributed by atoms with van der Waals surface area (Å²) in [7, 11) is 0. The molecular weight excluding hydrogens is 272 g/mol. The number of urea groups is 1. The number of morpholine rings is 1. The van der Waals surface area contributed by atoms with Crippen LogP contribution in [0.2, 0.25) is 0 Å². The number of carboxylic acid groups (broad SMARTS) is 1. The van der Waals surface area contributed by atoms with Gasteiger partial charge in [-0.05, 0) is 31.1 Å². The van der Waals surface area contributed by atoms with Crippen molar-refractivity contribution in [3.8, 4) is 0 Å². The SMILES string of the molecule is CC(C)(CCNC(=O)N1CC2CCC(C1)O2)CCC(=O)O. The molecule has 2 rings (SSSR count).